The molecule has 0 saturated carbocycles. The van der Waals surface area contributed by atoms with Crippen molar-refractivity contribution < 1.29 is 23.8 Å². The highest BCUT2D eigenvalue weighted by Gasteiger charge is 2.19. The lowest BCUT2D eigenvalue weighted by atomic mass is 10.2. The first kappa shape index (κ1) is 17.7. The quantitative estimate of drug-likeness (QED) is 0.471. The fourth-order valence-electron chi connectivity index (χ4n) is 1.54. The van der Waals surface area contributed by atoms with Crippen LogP contribution in [0.2, 0.25) is 0 Å². The van der Waals surface area contributed by atoms with E-state index in [9.17, 15) is 9.59 Å². The number of methoxy groups -OCH3 is 1. The van der Waals surface area contributed by atoms with E-state index in [-0.39, 0.29) is 12.4 Å². The molecule has 6 nitrogen and oxygen atoms in total. The number of benzene rings is 1. The van der Waals surface area contributed by atoms with Crippen molar-refractivity contribution in [2.45, 2.75) is 26.3 Å². The van der Waals surface area contributed by atoms with Crippen molar-refractivity contribution in [3.63, 3.8) is 0 Å². The molecule has 1 unspecified atom stereocenters. The summed E-state index contributed by atoms with van der Waals surface area (Å²) in [5, 5.41) is 0. The molecule has 6 heteroatoms. The number of hydrogen-bond donors (Lipinski definition) is 1. The molecule has 0 aliphatic heterocycles. The lowest BCUT2D eigenvalue weighted by Gasteiger charge is -2.10. The highest BCUT2D eigenvalue weighted by Crippen LogP contribution is 2.14. The van der Waals surface area contributed by atoms with Gasteiger partial charge in [-0.2, -0.15) is 0 Å². The van der Waals surface area contributed by atoms with Crippen molar-refractivity contribution in [1.29, 1.82) is 0 Å². The predicted octanol–water partition coefficient (Wildman–Crippen LogP) is 2.04. The van der Waals surface area contributed by atoms with Crippen LogP contribution in [-0.4, -0.2) is 31.7 Å². The zero-order valence-electron chi connectivity index (χ0n) is 13.0. The Morgan fingerprint density at radius 3 is 2.36 bits per heavy atom. The van der Waals surface area contributed by atoms with Crippen molar-refractivity contribution in [2.24, 2.45) is 5.73 Å². The minimum Gasteiger partial charge on any atom is -0.497 e. The van der Waals surface area contributed by atoms with Crippen LogP contribution in [0, 0.1) is 0 Å². The van der Waals surface area contributed by atoms with Crippen LogP contribution in [0.5, 0.6) is 5.75 Å². The Morgan fingerprint density at radius 1 is 1.23 bits per heavy atom. The highest BCUT2D eigenvalue weighted by atomic mass is 16.6. The summed E-state index contributed by atoms with van der Waals surface area (Å²) in [6, 6.07) is 5.94. The second-order valence-electron chi connectivity index (χ2n) is 4.44. The monoisotopic (exact) mass is 307 g/mol. The first-order chi connectivity index (χ1) is 10.5. The van der Waals surface area contributed by atoms with Gasteiger partial charge in [-0.3, -0.25) is 0 Å². The fraction of sp³-hybridized carbons (Fsp3) is 0.375. The molecule has 0 spiro atoms. The highest BCUT2D eigenvalue weighted by molar-refractivity contribution is 5.95. The number of esters is 2. The third-order valence-electron chi connectivity index (χ3n) is 2.84. The van der Waals surface area contributed by atoms with Gasteiger partial charge in [0.05, 0.1) is 19.3 Å². The summed E-state index contributed by atoms with van der Waals surface area (Å²) in [4.78, 5) is 23.9. The molecule has 1 atom stereocenters. The fourth-order valence-corrected chi connectivity index (χ4v) is 1.54. The SMILES string of the molecule is CCOC(=O)/C(=C\C(N)CC)OC(=O)c1ccc(OC)cc1. The summed E-state index contributed by atoms with van der Waals surface area (Å²) in [5.74, 6) is -0.957. The Morgan fingerprint density at radius 2 is 1.86 bits per heavy atom. The van der Waals surface area contributed by atoms with Crippen molar-refractivity contribution >= 4 is 11.9 Å². The minimum absolute atomic E-state index is 0.178. The van der Waals surface area contributed by atoms with E-state index in [1.54, 1.807) is 31.2 Å². The second kappa shape index (κ2) is 8.84. The average Bonchev–Trinajstić information content (AvgIpc) is 2.54. The molecule has 1 aromatic rings. The van der Waals surface area contributed by atoms with E-state index in [1.165, 1.54) is 13.2 Å². The van der Waals surface area contributed by atoms with Gasteiger partial charge in [-0.05, 0) is 43.7 Å². The number of carbonyl (C=O) groups excluding carboxylic acids is 2. The Labute approximate surface area is 129 Å². The van der Waals surface area contributed by atoms with Crippen LogP contribution >= 0.6 is 0 Å². The third kappa shape index (κ3) is 5.21. The molecule has 0 heterocycles. The summed E-state index contributed by atoms with van der Waals surface area (Å²) < 4.78 is 15.0. The summed E-state index contributed by atoms with van der Waals surface area (Å²) in [6.45, 7) is 3.70. The van der Waals surface area contributed by atoms with Gasteiger partial charge in [0, 0.05) is 6.04 Å². The number of rotatable bonds is 7. The smallest absolute Gasteiger partial charge is 0.374 e. The van der Waals surface area contributed by atoms with E-state index in [4.69, 9.17) is 19.9 Å². The van der Waals surface area contributed by atoms with Gasteiger partial charge < -0.3 is 19.9 Å². The van der Waals surface area contributed by atoms with Gasteiger partial charge in [0.15, 0.2) is 0 Å². The Balaban J connectivity index is 2.89. The number of ether oxygens (including phenoxy) is 3. The van der Waals surface area contributed by atoms with Gasteiger partial charge >= 0.3 is 11.9 Å². The van der Waals surface area contributed by atoms with Crippen LogP contribution in [0.4, 0.5) is 0 Å². The molecule has 1 aromatic carbocycles. The first-order valence-corrected chi connectivity index (χ1v) is 7.02. The lowest BCUT2D eigenvalue weighted by Crippen LogP contribution is -2.21. The molecule has 0 aliphatic rings. The van der Waals surface area contributed by atoms with Crippen molar-refractivity contribution in [2.75, 3.05) is 13.7 Å². The van der Waals surface area contributed by atoms with Gasteiger partial charge in [0.25, 0.3) is 0 Å². The van der Waals surface area contributed by atoms with Crippen LogP contribution in [0.1, 0.15) is 30.6 Å². The molecule has 0 saturated heterocycles. The van der Waals surface area contributed by atoms with Gasteiger partial charge in [-0.25, -0.2) is 9.59 Å². The molecule has 0 radical (unpaired) electrons. The van der Waals surface area contributed by atoms with Crippen molar-refractivity contribution in [3.8, 4) is 5.75 Å². The predicted molar refractivity (Wildman–Crippen MR) is 81.4 cm³/mol. The first-order valence-electron chi connectivity index (χ1n) is 7.02. The second-order valence-corrected chi connectivity index (χ2v) is 4.44. The van der Waals surface area contributed by atoms with E-state index in [1.807, 2.05) is 6.92 Å². The Bertz CT molecular complexity index is 536. The van der Waals surface area contributed by atoms with Gasteiger partial charge in [0.1, 0.15) is 5.75 Å². The molecule has 1 rings (SSSR count). The molecule has 0 aliphatic carbocycles. The van der Waals surface area contributed by atoms with Crippen LogP contribution in [-0.2, 0) is 14.3 Å². The van der Waals surface area contributed by atoms with Gasteiger partial charge in [-0.1, -0.05) is 6.92 Å². The van der Waals surface area contributed by atoms with Gasteiger partial charge in [-0.15, -0.1) is 0 Å². The zero-order valence-corrected chi connectivity index (χ0v) is 13.0. The molecule has 120 valence electrons. The summed E-state index contributed by atoms with van der Waals surface area (Å²) >= 11 is 0. The third-order valence-corrected chi connectivity index (χ3v) is 2.84. The largest absolute Gasteiger partial charge is 0.497 e. The van der Waals surface area contributed by atoms with E-state index in [2.05, 4.69) is 0 Å². The molecule has 0 amide bonds. The molecule has 0 aromatic heterocycles. The normalized spacial score (nSPS) is 12.5. The van der Waals surface area contributed by atoms with Crippen molar-refractivity contribution in [1.82, 2.24) is 0 Å². The van der Waals surface area contributed by atoms with E-state index >= 15 is 0 Å². The van der Waals surface area contributed by atoms with E-state index < -0.39 is 18.0 Å². The van der Waals surface area contributed by atoms with Crippen molar-refractivity contribution in [3.05, 3.63) is 41.7 Å². The average molecular weight is 307 g/mol. The number of hydrogen-bond acceptors (Lipinski definition) is 6. The lowest BCUT2D eigenvalue weighted by molar-refractivity contribution is -0.141. The summed E-state index contributed by atoms with van der Waals surface area (Å²) in [6.07, 6.45) is 1.99. The molecule has 22 heavy (non-hydrogen) atoms. The maximum absolute atomic E-state index is 12.1. The van der Waals surface area contributed by atoms with E-state index in [0.717, 1.165) is 0 Å². The van der Waals surface area contributed by atoms with E-state index in [0.29, 0.717) is 17.7 Å². The maximum Gasteiger partial charge on any atom is 0.374 e. The minimum atomic E-state index is -0.715. The van der Waals surface area contributed by atoms with Crippen LogP contribution in [0.3, 0.4) is 0 Å². The van der Waals surface area contributed by atoms with Crippen LogP contribution in [0.15, 0.2) is 36.1 Å². The molecular formula is C16H21NO5. The number of nitrogens with two attached hydrogens (primary N) is 1. The standard InChI is InChI=1S/C16H21NO5/c1-4-12(17)10-14(16(19)21-5-2)22-15(18)11-6-8-13(20-3)9-7-11/h6-10,12H,4-5,17H2,1-3H3/b14-10+. The zero-order chi connectivity index (χ0) is 16.5. The Hall–Kier alpha value is -2.34. The number of carbonyl (C=O) groups is 2. The Kier molecular flexibility index (Phi) is 7.12. The summed E-state index contributed by atoms with van der Waals surface area (Å²) in [7, 11) is 1.53. The topological polar surface area (TPSA) is 87.9 Å². The van der Waals surface area contributed by atoms with Crippen LogP contribution in [0.25, 0.3) is 0 Å². The molecule has 0 fully saturated rings. The van der Waals surface area contributed by atoms with Gasteiger partial charge in [0.2, 0.25) is 5.76 Å². The molecule has 0 bridgehead atoms. The van der Waals surface area contributed by atoms with Crippen LogP contribution < -0.4 is 10.5 Å². The molecule has 2 N–H and O–H groups in total. The summed E-state index contributed by atoms with van der Waals surface area (Å²) in [5.41, 5.74) is 6.06. The maximum atomic E-state index is 12.1. The molecular weight excluding hydrogens is 286 g/mol.